The highest BCUT2D eigenvalue weighted by Crippen LogP contribution is 2.12. The van der Waals surface area contributed by atoms with Gasteiger partial charge < -0.3 is 20.1 Å². The predicted molar refractivity (Wildman–Crippen MR) is 74.9 cm³/mol. The summed E-state index contributed by atoms with van der Waals surface area (Å²) in [6.07, 6.45) is 0.306. The largest absolute Gasteiger partial charge is 0.398 e. The van der Waals surface area contributed by atoms with Crippen LogP contribution >= 0.6 is 0 Å². The van der Waals surface area contributed by atoms with Crippen molar-refractivity contribution in [2.24, 2.45) is 0 Å². The zero-order valence-electron chi connectivity index (χ0n) is 11.6. The molecule has 0 bridgehead atoms. The van der Waals surface area contributed by atoms with Gasteiger partial charge in [-0.15, -0.1) is 0 Å². The van der Waals surface area contributed by atoms with Gasteiger partial charge in [-0.25, -0.2) is 0 Å². The molecule has 1 amide bonds. The highest BCUT2D eigenvalue weighted by molar-refractivity contribution is 5.80. The molecule has 106 valence electrons. The molecule has 0 unspecified atom stereocenters. The van der Waals surface area contributed by atoms with Crippen molar-refractivity contribution in [3.63, 3.8) is 0 Å². The maximum absolute atomic E-state index is 12.2. The summed E-state index contributed by atoms with van der Waals surface area (Å²) in [7, 11) is 3.24. The average Bonchev–Trinajstić information content (AvgIpc) is 2.41. The average molecular weight is 266 g/mol. The molecule has 5 nitrogen and oxygen atoms in total. The van der Waals surface area contributed by atoms with Crippen molar-refractivity contribution in [2.45, 2.75) is 6.42 Å². The van der Waals surface area contributed by atoms with Gasteiger partial charge in [0, 0.05) is 33.0 Å². The first kappa shape index (κ1) is 15.5. The quantitative estimate of drug-likeness (QED) is 0.711. The van der Waals surface area contributed by atoms with Crippen LogP contribution in [0.4, 0.5) is 5.69 Å². The number of hydrogen-bond donors (Lipinski definition) is 1. The Labute approximate surface area is 114 Å². The molecule has 0 saturated carbocycles. The molecule has 0 saturated heterocycles. The Morgan fingerprint density at radius 2 is 1.74 bits per heavy atom. The third kappa shape index (κ3) is 5.28. The van der Waals surface area contributed by atoms with Gasteiger partial charge in [0.05, 0.1) is 19.6 Å². The fourth-order valence-corrected chi connectivity index (χ4v) is 1.73. The zero-order chi connectivity index (χ0) is 14.1. The maximum atomic E-state index is 12.2. The van der Waals surface area contributed by atoms with Crippen LogP contribution in [0.3, 0.4) is 0 Å². The van der Waals surface area contributed by atoms with Crippen molar-refractivity contribution in [3.8, 4) is 0 Å². The lowest BCUT2D eigenvalue weighted by Gasteiger charge is -2.22. The number of rotatable bonds is 8. The van der Waals surface area contributed by atoms with Gasteiger partial charge in [-0.1, -0.05) is 18.2 Å². The summed E-state index contributed by atoms with van der Waals surface area (Å²) < 4.78 is 10.0. The molecule has 1 aromatic carbocycles. The van der Waals surface area contributed by atoms with Gasteiger partial charge in [0.25, 0.3) is 0 Å². The number of nitrogens with zero attached hydrogens (tertiary/aromatic N) is 1. The van der Waals surface area contributed by atoms with E-state index in [1.165, 1.54) is 0 Å². The first-order chi connectivity index (χ1) is 9.19. The molecule has 19 heavy (non-hydrogen) atoms. The molecule has 1 aromatic rings. The second kappa shape index (κ2) is 8.50. The van der Waals surface area contributed by atoms with Crippen LogP contribution in [0.1, 0.15) is 5.56 Å². The number of nitrogen functional groups attached to an aromatic ring is 1. The predicted octanol–water partition coefficient (Wildman–Crippen LogP) is 0.933. The Kier molecular flexibility index (Phi) is 6.92. The van der Waals surface area contributed by atoms with Crippen molar-refractivity contribution in [1.82, 2.24) is 4.90 Å². The third-order valence-electron chi connectivity index (χ3n) is 2.88. The molecule has 1 rings (SSSR count). The number of benzene rings is 1. The highest BCUT2D eigenvalue weighted by atomic mass is 16.5. The van der Waals surface area contributed by atoms with E-state index in [0.29, 0.717) is 38.4 Å². The number of methoxy groups -OCH3 is 2. The van der Waals surface area contributed by atoms with Crippen LogP contribution in [0, 0.1) is 0 Å². The molecule has 0 aliphatic carbocycles. The number of amides is 1. The Bertz CT molecular complexity index is 388. The van der Waals surface area contributed by atoms with Crippen molar-refractivity contribution in [2.75, 3.05) is 46.3 Å². The minimum Gasteiger partial charge on any atom is -0.398 e. The van der Waals surface area contributed by atoms with Crippen molar-refractivity contribution in [3.05, 3.63) is 29.8 Å². The highest BCUT2D eigenvalue weighted by Gasteiger charge is 2.14. The summed E-state index contributed by atoms with van der Waals surface area (Å²) in [5, 5.41) is 0. The van der Waals surface area contributed by atoms with Crippen LogP contribution in [0.5, 0.6) is 0 Å². The number of anilines is 1. The van der Waals surface area contributed by atoms with Gasteiger partial charge >= 0.3 is 0 Å². The summed E-state index contributed by atoms with van der Waals surface area (Å²) in [4.78, 5) is 14.0. The molecule has 0 aliphatic rings. The summed E-state index contributed by atoms with van der Waals surface area (Å²) in [5.74, 6) is 0.0343. The molecule has 0 heterocycles. The molecule has 0 fully saturated rings. The smallest absolute Gasteiger partial charge is 0.227 e. The minimum absolute atomic E-state index is 0.0343. The summed E-state index contributed by atoms with van der Waals surface area (Å²) in [6.45, 7) is 2.15. The molecule has 0 spiro atoms. The van der Waals surface area contributed by atoms with Gasteiger partial charge in [-0.2, -0.15) is 0 Å². The molecule has 5 heteroatoms. The molecular formula is C14H22N2O3. The Hall–Kier alpha value is -1.59. The van der Waals surface area contributed by atoms with E-state index >= 15 is 0 Å². The van der Waals surface area contributed by atoms with Crippen LogP contribution in [-0.2, 0) is 20.7 Å². The number of carbonyl (C=O) groups excluding carboxylic acids is 1. The van der Waals surface area contributed by atoms with E-state index in [9.17, 15) is 4.79 Å². The fourth-order valence-electron chi connectivity index (χ4n) is 1.73. The SMILES string of the molecule is COCCN(CCOC)C(=O)Cc1ccccc1N. The van der Waals surface area contributed by atoms with Gasteiger partial charge in [-0.05, 0) is 11.6 Å². The van der Waals surface area contributed by atoms with Gasteiger partial charge in [0.1, 0.15) is 0 Å². The number of carbonyl (C=O) groups is 1. The normalized spacial score (nSPS) is 10.4. The second-order valence-electron chi connectivity index (χ2n) is 4.24. The fraction of sp³-hybridized carbons (Fsp3) is 0.500. The van der Waals surface area contributed by atoms with Gasteiger partial charge in [0.2, 0.25) is 5.91 Å². The molecule has 0 atom stereocenters. The van der Waals surface area contributed by atoms with Crippen molar-refractivity contribution in [1.29, 1.82) is 0 Å². The molecular weight excluding hydrogens is 244 g/mol. The Morgan fingerprint density at radius 3 is 2.26 bits per heavy atom. The third-order valence-corrected chi connectivity index (χ3v) is 2.88. The molecule has 2 N–H and O–H groups in total. The number of ether oxygens (including phenoxy) is 2. The van der Waals surface area contributed by atoms with Gasteiger partial charge in [-0.3, -0.25) is 4.79 Å². The maximum Gasteiger partial charge on any atom is 0.227 e. The summed E-state index contributed by atoms with van der Waals surface area (Å²) >= 11 is 0. The van der Waals surface area contributed by atoms with E-state index in [2.05, 4.69) is 0 Å². The lowest BCUT2D eigenvalue weighted by Crippen LogP contribution is -2.37. The second-order valence-corrected chi connectivity index (χ2v) is 4.24. The molecule has 0 aromatic heterocycles. The van der Waals surface area contributed by atoms with Gasteiger partial charge in [0.15, 0.2) is 0 Å². The summed E-state index contributed by atoms with van der Waals surface area (Å²) in [5.41, 5.74) is 7.35. The van der Waals surface area contributed by atoms with Crippen LogP contribution in [-0.4, -0.2) is 51.3 Å². The van der Waals surface area contributed by atoms with E-state index in [4.69, 9.17) is 15.2 Å². The first-order valence-electron chi connectivity index (χ1n) is 6.28. The standard InChI is InChI=1S/C14H22N2O3/c1-18-9-7-16(8-10-19-2)14(17)11-12-5-3-4-6-13(12)15/h3-6H,7-11,15H2,1-2H3. The lowest BCUT2D eigenvalue weighted by molar-refractivity contribution is -0.131. The number of para-hydroxylation sites is 1. The number of hydrogen-bond acceptors (Lipinski definition) is 4. The number of nitrogens with two attached hydrogens (primary N) is 1. The van der Waals surface area contributed by atoms with Crippen LogP contribution in [0.25, 0.3) is 0 Å². The van der Waals surface area contributed by atoms with E-state index in [0.717, 1.165) is 5.56 Å². The van der Waals surface area contributed by atoms with E-state index < -0.39 is 0 Å². The van der Waals surface area contributed by atoms with Crippen molar-refractivity contribution >= 4 is 11.6 Å². The van der Waals surface area contributed by atoms with Crippen LogP contribution in [0.15, 0.2) is 24.3 Å². The molecule has 0 radical (unpaired) electrons. The van der Waals surface area contributed by atoms with E-state index in [1.807, 2.05) is 18.2 Å². The summed E-state index contributed by atoms with van der Waals surface area (Å²) in [6, 6.07) is 7.42. The monoisotopic (exact) mass is 266 g/mol. The Morgan fingerprint density at radius 1 is 1.16 bits per heavy atom. The topological polar surface area (TPSA) is 64.8 Å². The lowest BCUT2D eigenvalue weighted by atomic mass is 10.1. The van der Waals surface area contributed by atoms with Crippen LogP contribution < -0.4 is 5.73 Å². The van der Waals surface area contributed by atoms with Crippen LogP contribution in [0.2, 0.25) is 0 Å². The Balaban J connectivity index is 2.62. The van der Waals surface area contributed by atoms with E-state index in [-0.39, 0.29) is 5.91 Å². The van der Waals surface area contributed by atoms with E-state index in [1.54, 1.807) is 25.2 Å². The molecule has 0 aliphatic heterocycles. The first-order valence-corrected chi connectivity index (χ1v) is 6.28. The van der Waals surface area contributed by atoms with Crippen molar-refractivity contribution < 1.29 is 14.3 Å². The zero-order valence-corrected chi connectivity index (χ0v) is 11.6. The minimum atomic E-state index is 0.0343.